The third kappa shape index (κ3) is 5.54. The van der Waals surface area contributed by atoms with E-state index in [0.717, 1.165) is 78.4 Å². The van der Waals surface area contributed by atoms with Gasteiger partial charge in [0.15, 0.2) is 0 Å². The fourth-order valence-electron chi connectivity index (χ4n) is 5.62. The molecule has 1 fully saturated rings. The molecular formula is C29H40N8O2. The normalized spacial score (nSPS) is 17.8. The number of hydrogen-bond donors (Lipinski definition) is 4. The number of nitrogens with one attached hydrogen (secondary N) is 4. The summed E-state index contributed by atoms with van der Waals surface area (Å²) < 4.78 is 5.53. The number of nitrogens with zero attached hydrogens (tertiary/aromatic N) is 4. The Kier molecular flexibility index (Phi) is 7.98. The largest absolute Gasteiger partial charge is 0.385 e. The van der Waals surface area contributed by atoms with Crippen molar-refractivity contribution in [2.24, 2.45) is 0 Å². The first-order valence-electron chi connectivity index (χ1n) is 13.6. The van der Waals surface area contributed by atoms with E-state index >= 15 is 0 Å². The van der Waals surface area contributed by atoms with Crippen molar-refractivity contribution in [3.63, 3.8) is 0 Å². The van der Waals surface area contributed by atoms with Crippen molar-refractivity contribution >= 4 is 23.4 Å². The maximum Gasteiger partial charge on any atom is 0.317 e. The van der Waals surface area contributed by atoms with Crippen molar-refractivity contribution in [2.75, 3.05) is 57.2 Å². The Morgan fingerprint density at radius 1 is 1.21 bits per heavy atom. The van der Waals surface area contributed by atoms with Gasteiger partial charge < -0.3 is 30.5 Å². The molecule has 2 amide bonds. The van der Waals surface area contributed by atoms with Crippen LogP contribution in [0.15, 0.2) is 41.7 Å². The van der Waals surface area contributed by atoms with E-state index in [1.54, 1.807) is 18.1 Å². The summed E-state index contributed by atoms with van der Waals surface area (Å²) in [5.41, 5.74) is 6.16. The number of rotatable bonds is 5. The number of aromatic nitrogens is 1. The highest BCUT2D eigenvalue weighted by Crippen LogP contribution is 2.36. The number of fused-ring (bicyclic) bond motifs is 1. The van der Waals surface area contributed by atoms with Crippen LogP contribution < -0.4 is 20.9 Å². The Bertz CT molecular complexity index is 1320. The van der Waals surface area contributed by atoms with E-state index in [-0.39, 0.29) is 8.88 Å². The first-order chi connectivity index (χ1) is 19.0. The minimum atomic E-state index is -0.140. The van der Waals surface area contributed by atoms with E-state index in [2.05, 4.69) is 33.1 Å². The van der Waals surface area contributed by atoms with Crippen molar-refractivity contribution in [1.82, 2.24) is 20.5 Å². The number of hydrogen-bond acceptors (Lipinski definition) is 7. The van der Waals surface area contributed by atoms with E-state index in [4.69, 9.17) is 4.74 Å². The summed E-state index contributed by atoms with van der Waals surface area (Å²) in [4.78, 5) is 20.7. The van der Waals surface area contributed by atoms with Gasteiger partial charge in [0.1, 0.15) is 11.7 Å². The second-order valence-electron chi connectivity index (χ2n) is 10.1. The summed E-state index contributed by atoms with van der Waals surface area (Å²) in [6.07, 6.45) is 6.07. The van der Waals surface area contributed by atoms with Crippen LogP contribution in [-0.4, -0.2) is 74.7 Å². The number of carbonyl (C=O) groups excluding carboxylic acids is 1. The summed E-state index contributed by atoms with van der Waals surface area (Å²) in [6.45, 7) is 3.11. The minimum absolute atomic E-state index is 0. The smallest absolute Gasteiger partial charge is 0.317 e. The molecule has 4 heterocycles. The third-order valence-corrected chi connectivity index (χ3v) is 7.79. The standard InChI is InChI=1S/C29H36N8O2.2H2/c1-32-27-6-5-20(17-34-27)23-14-19-4-3-10-37(26(19)15-21(23)16-30)28(31)24-18-36(29(38)33-2)11-7-25(24)35-22-8-12-39-13-9-22;;/h5-6,14-15,17,22,31,35H,3-4,7-13,18H2,1-2H3,(H,32,34)(H,33,38);2*1H. The van der Waals surface area contributed by atoms with Gasteiger partial charge in [-0.25, -0.2) is 9.78 Å². The summed E-state index contributed by atoms with van der Waals surface area (Å²) in [5.74, 6) is 1.15. The number of pyridine rings is 1. The molecule has 4 N–H and O–H groups in total. The molecule has 0 atom stereocenters. The minimum Gasteiger partial charge on any atom is -0.385 e. The molecule has 10 heteroatoms. The molecule has 208 valence electrons. The zero-order valence-corrected chi connectivity index (χ0v) is 22.6. The van der Waals surface area contributed by atoms with Gasteiger partial charge in [-0.2, -0.15) is 5.26 Å². The lowest BCUT2D eigenvalue weighted by Crippen LogP contribution is -2.48. The summed E-state index contributed by atoms with van der Waals surface area (Å²) >= 11 is 0. The molecule has 1 saturated heterocycles. The molecule has 39 heavy (non-hydrogen) atoms. The molecule has 0 bridgehead atoms. The molecule has 0 saturated carbocycles. The van der Waals surface area contributed by atoms with Crippen molar-refractivity contribution in [3.8, 4) is 17.2 Å². The lowest BCUT2D eigenvalue weighted by atomic mass is 9.92. The van der Waals surface area contributed by atoms with Crippen molar-refractivity contribution < 1.29 is 12.4 Å². The average molecular weight is 533 g/mol. The monoisotopic (exact) mass is 532 g/mol. The molecule has 1 aromatic carbocycles. The van der Waals surface area contributed by atoms with Crippen LogP contribution >= 0.6 is 0 Å². The Hall–Kier alpha value is -4.10. The molecule has 0 aliphatic carbocycles. The van der Waals surface area contributed by atoms with E-state index in [0.29, 0.717) is 43.5 Å². The number of amides is 2. The number of carbonyl (C=O) groups is 1. The van der Waals surface area contributed by atoms with E-state index in [1.165, 1.54) is 0 Å². The van der Waals surface area contributed by atoms with Gasteiger partial charge in [0.2, 0.25) is 0 Å². The maximum atomic E-state index is 12.5. The van der Waals surface area contributed by atoms with Crippen LogP contribution in [0.3, 0.4) is 0 Å². The number of nitriles is 1. The van der Waals surface area contributed by atoms with Crippen LogP contribution in [0, 0.1) is 16.7 Å². The van der Waals surface area contributed by atoms with Crippen LogP contribution in [0.4, 0.5) is 16.3 Å². The van der Waals surface area contributed by atoms with E-state index in [1.807, 2.05) is 30.1 Å². The predicted molar refractivity (Wildman–Crippen MR) is 156 cm³/mol. The molecule has 10 nitrogen and oxygen atoms in total. The van der Waals surface area contributed by atoms with Gasteiger partial charge in [-0.15, -0.1) is 0 Å². The van der Waals surface area contributed by atoms with Crippen LogP contribution in [0.1, 0.15) is 39.7 Å². The van der Waals surface area contributed by atoms with Crippen LogP contribution in [0.25, 0.3) is 11.1 Å². The van der Waals surface area contributed by atoms with Crippen molar-refractivity contribution in [3.05, 3.63) is 52.9 Å². The van der Waals surface area contributed by atoms with Gasteiger partial charge >= 0.3 is 6.03 Å². The topological polar surface area (TPSA) is 129 Å². The van der Waals surface area contributed by atoms with Gasteiger partial charge in [-0.05, 0) is 55.5 Å². The summed E-state index contributed by atoms with van der Waals surface area (Å²) in [6, 6.07) is 10.4. The fraction of sp³-hybridized carbons (Fsp3) is 0.448. The number of urea groups is 1. The maximum absolute atomic E-state index is 12.5. The lowest BCUT2D eigenvalue weighted by Gasteiger charge is -2.38. The van der Waals surface area contributed by atoms with Crippen LogP contribution in [-0.2, 0) is 11.2 Å². The third-order valence-electron chi connectivity index (χ3n) is 7.79. The molecule has 2 aromatic rings. The van der Waals surface area contributed by atoms with Gasteiger partial charge in [0.25, 0.3) is 0 Å². The molecule has 3 aliphatic heterocycles. The Labute approximate surface area is 232 Å². The summed E-state index contributed by atoms with van der Waals surface area (Å²) in [5, 5.41) is 28.9. The van der Waals surface area contributed by atoms with Gasteiger partial charge in [0.05, 0.1) is 18.2 Å². The summed E-state index contributed by atoms with van der Waals surface area (Å²) in [7, 11) is 3.46. The molecule has 3 aliphatic rings. The fourth-order valence-corrected chi connectivity index (χ4v) is 5.62. The average Bonchev–Trinajstić information content (AvgIpc) is 3.00. The molecule has 0 unspecified atom stereocenters. The molecular weight excluding hydrogens is 492 g/mol. The molecule has 5 rings (SSSR count). The quantitative estimate of drug-likeness (QED) is 0.339. The first-order valence-corrected chi connectivity index (χ1v) is 13.6. The van der Waals surface area contributed by atoms with Gasteiger partial charge in [-0.3, -0.25) is 5.41 Å². The molecule has 0 radical (unpaired) electrons. The van der Waals surface area contributed by atoms with E-state index in [9.17, 15) is 15.5 Å². The van der Waals surface area contributed by atoms with E-state index < -0.39 is 0 Å². The van der Waals surface area contributed by atoms with Crippen LogP contribution in [0.2, 0.25) is 0 Å². The zero-order valence-electron chi connectivity index (χ0n) is 22.6. The van der Waals surface area contributed by atoms with Gasteiger partial charge in [0, 0.05) is 90.0 Å². The second kappa shape index (κ2) is 11.7. The molecule has 1 aromatic heterocycles. The number of benzene rings is 1. The predicted octanol–water partition coefficient (Wildman–Crippen LogP) is 3.95. The number of anilines is 2. The molecule has 0 spiro atoms. The highest BCUT2D eigenvalue weighted by atomic mass is 16.5. The zero-order chi connectivity index (χ0) is 27.4. The van der Waals surface area contributed by atoms with Crippen molar-refractivity contribution in [2.45, 2.75) is 38.1 Å². The first kappa shape index (κ1) is 26.5. The second-order valence-corrected chi connectivity index (χ2v) is 10.1. The lowest BCUT2D eigenvalue weighted by molar-refractivity contribution is 0.0798. The SMILES string of the molecule is CNC(=O)N1CCC(NC2CCOCC2)=C(C(=N)N2CCCc3cc(-c4ccc(NC)nc4)c(C#N)cc32)C1.[HH].[HH]. The Morgan fingerprint density at radius 3 is 2.72 bits per heavy atom. The highest BCUT2D eigenvalue weighted by Gasteiger charge is 2.31. The number of aryl methyl sites for hydroxylation is 1. The Morgan fingerprint density at radius 2 is 2.03 bits per heavy atom. The highest BCUT2D eigenvalue weighted by molar-refractivity contribution is 6.09. The number of ether oxygens (including phenoxy) is 1. The van der Waals surface area contributed by atoms with Crippen molar-refractivity contribution in [1.29, 1.82) is 10.7 Å². The Balaban J connectivity index is 0.00000231. The van der Waals surface area contributed by atoms with Crippen LogP contribution in [0.5, 0.6) is 0 Å². The number of amidine groups is 1. The van der Waals surface area contributed by atoms with Gasteiger partial charge in [-0.1, -0.05) is 0 Å².